The molecule has 1 N–H and O–H groups in total. The molecule has 4 heteroatoms. The Labute approximate surface area is 83.9 Å². The van der Waals surface area contributed by atoms with Gasteiger partial charge in [0.05, 0.1) is 6.54 Å². The van der Waals surface area contributed by atoms with Crippen LogP contribution in [0, 0.1) is 5.92 Å². The topological polar surface area (TPSA) is 40.5 Å². The van der Waals surface area contributed by atoms with Crippen molar-refractivity contribution in [2.45, 2.75) is 39.0 Å². The zero-order valence-electron chi connectivity index (χ0n) is 8.74. The number of carbonyl (C=O) groups excluding carboxylic acids is 1. The first kappa shape index (κ1) is 11.4. The average molecular weight is 203 g/mol. The highest BCUT2D eigenvalue weighted by Crippen LogP contribution is 2.17. The zero-order valence-corrected chi connectivity index (χ0v) is 8.74. The van der Waals surface area contributed by atoms with Crippen molar-refractivity contribution >= 4 is 5.91 Å². The summed E-state index contributed by atoms with van der Waals surface area (Å²) >= 11 is 0. The summed E-state index contributed by atoms with van der Waals surface area (Å²) in [5.74, 6) is -0.0939. The Kier molecular flexibility index (Phi) is 3.86. The molecule has 0 bridgehead atoms. The number of aliphatic hydroxyl groups excluding tert-OH is 1. The molecule has 14 heavy (non-hydrogen) atoms. The molecule has 1 rings (SSSR count). The number of alkyl halides is 1. The van der Waals surface area contributed by atoms with Crippen molar-refractivity contribution in [2.75, 3.05) is 13.1 Å². The summed E-state index contributed by atoms with van der Waals surface area (Å²) in [4.78, 5) is 13.1. The molecule has 0 radical (unpaired) electrons. The summed E-state index contributed by atoms with van der Waals surface area (Å²) in [5.41, 5.74) is 0. The zero-order chi connectivity index (χ0) is 10.7. The molecule has 1 fully saturated rings. The van der Waals surface area contributed by atoms with Gasteiger partial charge in [-0.25, -0.2) is 4.39 Å². The van der Waals surface area contributed by atoms with Crippen molar-refractivity contribution in [3.05, 3.63) is 0 Å². The molecule has 82 valence electrons. The molecule has 1 saturated heterocycles. The maximum atomic E-state index is 12.9. The molecular weight excluding hydrogens is 185 g/mol. The van der Waals surface area contributed by atoms with E-state index in [1.165, 1.54) is 4.90 Å². The molecule has 3 unspecified atom stereocenters. The largest absolute Gasteiger partial charge is 0.388 e. The number of rotatable bonds is 3. The number of hydrogen-bond acceptors (Lipinski definition) is 2. The van der Waals surface area contributed by atoms with E-state index < -0.39 is 12.3 Å². The molecule has 1 aliphatic rings. The first-order valence-corrected chi connectivity index (χ1v) is 5.17. The van der Waals surface area contributed by atoms with Gasteiger partial charge >= 0.3 is 0 Å². The quantitative estimate of drug-likeness (QED) is 0.742. The summed E-state index contributed by atoms with van der Waals surface area (Å²) < 4.78 is 12.9. The fourth-order valence-corrected chi connectivity index (χ4v) is 1.80. The average Bonchev–Trinajstić information content (AvgIpc) is 2.46. The molecule has 0 spiro atoms. The lowest BCUT2D eigenvalue weighted by atomic mass is 10.1. The van der Waals surface area contributed by atoms with Crippen LogP contribution in [0.4, 0.5) is 4.39 Å². The molecule has 0 aromatic heterocycles. The number of amides is 1. The fraction of sp³-hybridized carbons (Fsp3) is 0.900. The van der Waals surface area contributed by atoms with Gasteiger partial charge < -0.3 is 10.0 Å². The number of halogens is 1. The van der Waals surface area contributed by atoms with E-state index in [0.29, 0.717) is 0 Å². The summed E-state index contributed by atoms with van der Waals surface area (Å²) in [6, 6.07) is 0. The van der Waals surface area contributed by atoms with E-state index in [9.17, 15) is 9.18 Å². The third kappa shape index (κ3) is 2.44. The van der Waals surface area contributed by atoms with Gasteiger partial charge in [0.25, 0.3) is 0 Å². The molecule has 0 saturated carbocycles. The van der Waals surface area contributed by atoms with Crippen molar-refractivity contribution < 1.29 is 14.3 Å². The van der Waals surface area contributed by atoms with E-state index in [2.05, 4.69) is 0 Å². The lowest BCUT2D eigenvalue weighted by Gasteiger charge is -2.19. The maximum Gasteiger partial charge on any atom is 0.225 e. The highest BCUT2D eigenvalue weighted by Gasteiger charge is 2.35. The summed E-state index contributed by atoms with van der Waals surface area (Å²) in [6.45, 7) is 4.06. The van der Waals surface area contributed by atoms with E-state index in [1.807, 2.05) is 13.8 Å². The Morgan fingerprint density at radius 2 is 2.29 bits per heavy atom. The number of nitrogens with zero attached hydrogens (tertiary/aromatic N) is 1. The van der Waals surface area contributed by atoms with E-state index in [-0.39, 0.29) is 24.9 Å². The van der Waals surface area contributed by atoms with Crippen LogP contribution >= 0.6 is 0 Å². The minimum atomic E-state index is -1.27. The van der Waals surface area contributed by atoms with Gasteiger partial charge in [0.1, 0.15) is 12.3 Å². The van der Waals surface area contributed by atoms with Crippen LogP contribution in [-0.4, -0.2) is 41.3 Å². The first-order chi connectivity index (χ1) is 6.56. The molecular formula is C10H18FNO2. The molecule has 0 aromatic carbocycles. The second-order valence-electron chi connectivity index (χ2n) is 4.02. The Morgan fingerprint density at radius 3 is 2.71 bits per heavy atom. The third-order valence-corrected chi connectivity index (χ3v) is 2.67. The summed E-state index contributed by atoms with van der Waals surface area (Å²) in [5, 5.41) is 9.16. The number of carbonyl (C=O) groups is 1. The van der Waals surface area contributed by atoms with Crippen LogP contribution in [0.3, 0.4) is 0 Å². The monoisotopic (exact) mass is 203 g/mol. The van der Waals surface area contributed by atoms with Gasteiger partial charge in [-0.15, -0.1) is 0 Å². The van der Waals surface area contributed by atoms with Gasteiger partial charge in [0, 0.05) is 12.5 Å². The van der Waals surface area contributed by atoms with Crippen LogP contribution in [0.1, 0.15) is 26.7 Å². The molecule has 1 aliphatic heterocycles. The standard InChI is InChI=1S/C10H18FNO2/c1-3-4-7(2)10(14)12-5-8(11)9(13)6-12/h7-9,13H,3-6H2,1-2H3. The normalized spacial score (nSPS) is 29.3. The van der Waals surface area contributed by atoms with E-state index >= 15 is 0 Å². The third-order valence-electron chi connectivity index (χ3n) is 2.67. The second-order valence-corrected chi connectivity index (χ2v) is 4.02. The summed E-state index contributed by atoms with van der Waals surface area (Å²) in [6.07, 6.45) is -0.495. The van der Waals surface area contributed by atoms with Gasteiger partial charge in [-0.05, 0) is 6.42 Å². The van der Waals surface area contributed by atoms with E-state index in [4.69, 9.17) is 5.11 Å². The van der Waals surface area contributed by atoms with Crippen molar-refractivity contribution in [1.29, 1.82) is 0 Å². The van der Waals surface area contributed by atoms with Crippen LogP contribution in [0.5, 0.6) is 0 Å². The van der Waals surface area contributed by atoms with Crippen molar-refractivity contribution in [1.82, 2.24) is 4.90 Å². The number of β-amino-alcohol motifs (C(OH)–C–C–N with tert-alkyl or cyclic N) is 1. The van der Waals surface area contributed by atoms with Crippen LogP contribution in [0.25, 0.3) is 0 Å². The lowest BCUT2D eigenvalue weighted by Crippen LogP contribution is -2.34. The first-order valence-electron chi connectivity index (χ1n) is 5.17. The van der Waals surface area contributed by atoms with Gasteiger partial charge in [0.15, 0.2) is 0 Å². The Bertz CT molecular complexity index is 200. The lowest BCUT2D eigenvalue weighted by molar-refractivity contribution is -0.134. The molecule has 1 heterocycles. The minimum Gasteiger partial charge on any atom is -0.388 e. The van der Waals surface area contributed by atoms with Crippen LogP contribution in [0.15, 0.2) is 0 Å². The number of hydrogen-bond donors (Lipinski definition) is 1. The van der Waals surface area contributed by atoms with Crippen LogP contribution < -0.4 is 0 Å². The van der Waals surface area contributed by atoms with Gasteiger partial charge in [-0.3, -0.25) is 4.79 Å². The van der Waals surface area contributed by atoms with Crippen molar-refractivity contribution in [3.63, 3.8) is 0 Å². The maximum absolute atomic E-state index is 12.9. The van der Waals surface area contributed by atoms with Crippen molar-refractivity contribution in [2.24, 2.45) is 5.92 Å². The van der Waals surface area contributed by atoms with Gasteiger partial charge in [0.2, 0.25) is 5.91 Å². The smallest absolute Gasteiger partial charge is 0.225 e. The van der Waals surface area contributed by atoms with Gasteiger partial charge in [-0.2, -0.15) is 0 Å². The number of aliphatic hydroxyl groups is 1. The Balaban J connectivity index is 2.46. The fourth-order valence-electron chi connectivity index (χ4n) is 1.80. The van der Waals surface area contributed by atoms with E-state index in [1.54, 1.807) is 0 Å². The Hall–Kier alpha value is -0.640. The van der Waals surface area contributed by atoms with Crippen LogP contribution in [-0.2, 0) is 4.79 Å². The Morgan fingerprint density at radius 1 is 1.64 bits per heavy atom. The van der Waals surface area contributed by atoms with Gasteiger partial charge in [-0.1, -0.05) is 20.3 Å². The SMILES string of the molecule is CCCC(C)C(=O)N1CC(O)C(F)C1. The summed E-state index contributed by atoms with van der Waals surface area (Å²) in [7, 11) is 0. The predicted octanol–water partition coefficient (Wildman–Crippen LogP) is 0.964. The second kappa shape index (κ2) is 4.73. The predicted molar refractivity (Wildman–Crippen MR) is 51.6 cm³/mol. The molecule has 0 aliphatic carbocycles. The van der Waals surface area contributed by atoms with Crippen molar-refractivity contribution in [3.8, 4) is 0 Å². The molecule has 0 aromatic rings. The minimum absolute atomic E-state index is 0.0361. The highest BCUT2D eigenvalue weighted by atomic mass is 19.1. The van der Waals surface area contributed by atoms with E-state index in [0.717, 1.165) is 12.8 Å². The molecule has 3 atom stereocenters. The molecule has 1 amide bonds. The number of likely N-dealkylation sites (tertiary alicyclic amines) is 1. The molecule has 3 nitrogen and oxygen atoms in total. The highest BCUT2D eigenvalue weighted by molar-refractivity contribution is 5.78. The van der Waals surface area contributed by atoms with Crippen LogP contribution in [0.2, 0.25) is 0 Å².